The molecule has 9 aliphatic rings. The van der Waals surface area contributed by atoms with Crippen molar-refractivity contribution >= 4 is 11.8 Å². The van der Waals surface area contributed by atoms with Gasteiger partial charge in [0.15, 0.2) is 37.2 Å². The van der Waals surface area contributed by atoms with Crippen molar-refractivity contribution in [2.24, 2.45) is 16.7 Å². The van der Waals surface area contributed by atoms with Crippen molar-refractivity contribution in [3.05, 3.63) is 11.6 Å². The fraction of sp³-hybridized carbons (Fsp3) is 0.929. The molecule has 0 aromatic carbocycles. The lowest BCUT2D eigenvalue weighted by molar-refractivity contribution is -0.374. The number of carbonyl (C=O) groups is 2. The first kappa shape index (κ1) is 63.5. The van der Waals surface area contributed by atoms with Crippen LogP contribution in [0.3, 0.4) is 0 Å². The standard InChI is InChI=1S/C56H90O25/c1-24-45(32(60)19-38(71-24)76-31-13-14-52(7)30(18-31)12-15-55(66)36(52)22-37(75-29(6)59)53(8)54(65,28(5)58)16-17-56(53,55)67)78-39-20-33(68-9)46(25(2)72-39)79-40-21-34(69-10)47(26(3)73-40)80-51-44(64)49(70-11)48(27(4)74-51)81-50-43(63)42(62)41(61)35(23-57)77-50/h12,24-27,31-51,57,60-67H,13-23H2,1-11H3. The van der Waals surface area contributed by atoms with Gasteiger partial charge < -0.3 is 112 Å². The molecule has 9 rings (SSSR count). The second-order valence-corrected chi connectivity index (χ2v) is 24.8. The Balaban J connectivity index is 0.764. The first-order valence-corrected chi connectivity index (χ1v) is 28.8. The molecule has 5 saturated heterocycles. The van der Waals surface area contributed by atoms with Gasteiger partial charge in [-0.05, 0) is 91.9 Å². The van der Waals surface area contributed by atoms with Crippen LogP contribution in [0.5, 0.6) is 0 Å². The SMILES string of the molecule is COC1CC(OC2C(O)CC(OC3CCC4(C)C(=CCC5(O)C4CC(OC(C)=O)C4(C)C(O)(C(C)=O)CCC54O)C3)OC2C)OC(C)C1OC1CC(OC)C(OC2OC(C)C(OC3OC(CO)C(O)C(O)C3O)C(OC)C2O)C(C)O1. The van der Waals surface area contributed by atoms with Crippen LogP contribution in [0.1, 0.15) is 120 Å². The molecule has 0 radical (unpaired) electrons. The second kappa shape index (κ2) is 24.3. The smallest absolute Gasteiger partial charge is 0.302 e. The van der Waals surface area contributed by atoms with E-state index < -0.39 is 193 Å². The number of ether oxygens (including phenoxy) is 14. The molecule has 5 heterocycles. The van der Waals surface area contributed by atoms with Crippen LogP contribution in [-0.2, 0) is 75.9 Å². The second-order valence-electron chi connectivity index (χ2n) is 24.8. The molecule has 30 unspecified atom stereocenters. The van der Waals surface area contributed by atoms with E-state index in [2.05, 4.69) is 6.92 Å². The number of methoxy groups -OCH3 is 3. The molecule has 5 aliphatic heterocycles. The average Bonchev–Trinajstić information content (AvgIpc) is 3.23. The topological polar surface area (TPSA) is 345 Å². The highest BCUT2D eigenvalue weighted by Gasteiger charge is 2.81. The number of hydrogen-bond acceptors (Lipinski definition) is 25. The highest BCUT2D eigenvalue weighted by molar-refractivity contribution is 5.87. The summed E-state index contributed by atoms with van der Waals surface area (Å²) in [5, 5.41) is 101. The number of esters is 1. The molecular weight excluding hydrogens is 1070 g/mol. The monoisotopic (exact) mass is 1160 g/mol. The first-order valence-electron chi connectivity index (χ1n) is 28.8. The Hall–Kier alpha value is -2.00. The highest BCUT2D eigenvalue weighted by atomic mass is 16.8. The zero-order valence-electron chi connectivity index (χ0n) is 48.3. The zero-order valence-corrected chi connectivity index (χ0v) is 48.3. The van der Waals surface area contributed by atoms with Crippen LogP contribution in [0.2, 0.25) is 0 Å². The van der Waals surface area contributed by atoms with Crippen molar-refractivity contribution in [3.63, 3.8) is 0 Å². The molecule has 4 aliphatic carbocycles. The van der Waals surface area contributed by atoms with Gasteiger partial charge in [0.05, 0.1) is 60.9 Å². The van der Waals surface area contributed by atoms with Gasteiger partial charge in [0.1, 0.15) is 83.9 Å². The van der Waals surface area contributed by atoms with Crippen LogP contribution >= 0.6 is 0 Å². The molecule has 0 spiro atoms. The van der Waals surface area contributed by atoms with Crippen molar-refractivity contribution in [3.8, 4) is 0 Å². The van der Waals surface area contributed by atoms with Crippen molar-refractivity contribution in [1.29, 1.82) is 0 Å². The Labute approximate surface area is 472 Å². The minimum Gasteiger partial charge on any atom is -0.462 e. The summed E-state index contributed by atoms with van der Waals surface area (Å²) in [6, 6.07) is 0. The number of aliphatic hydroxyl groups is 9. The van der Waals surface area contributed by atoms with Crippen molar-refractivity contribution in [1.82, 2.24) is 0 Å². The molecule has 3 saturated carbocycles. The number of ketones is 1. The van der Waals surface area contributed by atoms with Crippen molar-refractivity contribution in [2.75, 3.05) is 27.9 Å². The van der Waals surface area contributed by atoms with Crippen LogP contribution in [0.15, 0.2) is 11.6 Å². The van der Waals surface area contributed by atoms with E-state index in [1.54, 1.807) is 34.8 Å². The largest absolute Gasteiger partial charge is 0.462 e. The van der Waals surface area contributed by atoms with Gasteiger partial charge in [-0.15, -0.1) is 0 Å². The van der Waals surface area contributed by atoms with Crippen LogP contribution in [0.25, 0.3) is 0 Å². The molecule has 30 atom stereocenters. The maximum absolute atomic E-state index is 13.1. The molecule has 25 heteroatoms. The molecule has 0 aromatic heterocycles. The summed E-state index contributed by atoms with van der Waals surface area (Å²) in [6.07, 6.45) is -19.1. The van der Waals surface area contributed by atoms with E-state index in [-0.39, 0.29) is 51.0 Å². The van der Waals surface area contributed by atoms with Gasteiger partial charge in [0, 0.05) is 53.4 Å². The molecular formula is C56H90O25. The minimum atomic E-state index is -2.02. The average molecular weight is 1160 g/mol. The third-order valence-electron chi connectivity index (χ3n) is 20.3. The molecule has 464 valence electrons. The molecule has 25 nitrogen and oxygen atoms in total. The Morgan fingerprint density at radius 2 is 1.17 bits per heavy atom. The van der Waals surface area contributed by atoms with Gasteiger partial charge in [0.2, 0.25) is 0 Å². The maximum atomic E-state index is 13.1. The molecule has 9 N–H and O–H groups in total. The van der Waals surface area contributed by atoms with Gasteiger partial charge in [-0.2, -0.15) is 0 Å². The fourth-order valence-corrected chi connectivity index (χ4v) is 15.6. The minimum absolute atomic E-state index is 0.0504. The number of aliphatic hydroxyl groups excluding tert-OH is 6. The normalized spacial score (nSPS) is 52.9. The summed E-state index contributed by atoms with van der Waals surface area (Å²) < 4.78 is 86.1. The number of hydrogen-bond donors (Lipinski definition) is 9. The zero-order chi connectivity index (χ0) is 59.1. The Kier molecular flexibility index (Phi) is 19.0. The van der Waals surface area contributed by atoms with E-state index in [0.717, 1.165) is 5.57 Å². The van der Waals surface area contributed by atoms with Gasteiger partial charge in [-0.1, -0.05) is 18.6 Å². The summed E-state index contributed by atoms with van der Waals surface area (Å²) in [5.41, 5.74) is -6.98. The van der Waals surface area contributed by atoms with Crippen LogP contribution < -0.4 is 0 Å². The first-order chi connectivity index (χ1) is 38.1. The predicted molar refractivity (Wildman–Crippen MR) is 275 cm³/mol. The van der Waals surface area contributed by atoms with Crippen LogP contribution in [0, 0.1) is 16.7 Å². The van der Waals surface area contributed by atoms with Gasteiger partial charge in [-0.25, -0.2) is 0 Å². The quantitative estimate of drug-likeness (QED) is 0.0707. The third kappa shape index (κ3) is 11.0. The number of carbonyl (C=O) groups excluding carboxylic acids is 2. The molecule has 81 heavy (non-hydrogen) atoms. The lowest BCUT2D eigenvalue weighted by Gasteiger charge is -2.67. The molecule has 8 fully saturated rings. The van der Waals surface area contributed by atoms with E-state index in [4.69, 9.17) is 66.3 Å². The Morgan fingerprint density at radius 3 is 1.74 bits per heavy atom. The fourth-order valence-electron chi connectivity index (χ4n) is 15.6. The lowest BCUT2D eigenvalue weighted by Crippen LogP contribution is -2.78. The number of fused-ring (bicyclic) bond motifs is 5. The Bertz CT molecular complexity index is 2210. The van der Waals surface area contributed by atoms with Crippen molar-refractivity contribution < 1.29 is 122 Å². The summed E-state index contributed by atoms with van der Waals surface area (Å²) in [6.45, 7) is 12.5. The predicted octanol–water partition coefficient (Wildman–Crippen LogP) is -0.317. The lowest BCUT2D eigenvalue weighted by atomic mass is 9.42. The van der Waals surface area contributed by atoms with Gasteiger partial charge in [-0.3, -0.25) is 9.59 Å². The third-order valence-corrected chi connectivity index (χ3v) is 20.3. The van der Waals surface area contributed by atoms with E-state index in [9.17, 15) is 55.5 Å². The van der Waals surface area contributed by atoms with Crippen LogP contribution in [-0.4, -0.2) is 250 Å². The van der Waals surface area contributed by atoms with E-state index in [0.29, 0.717) is 19.3 Å². The number of Topliss-reactive ketones (excluding diaryl/α,β-unsaturated/α-hetero) is 1. The highest BCUT2D eigenvalue weighted by Crippen LogP contribution is 2.71. The molecule has 0 bridgehead atoms. The maximum Gasteiger partial charge on any atom is 0.302 e. The molecule has 0 aromatic rings. The molecule has 0 amide bonds. The van der Waals surface area contributed by atoms with Crippen LogP contribution in [0.4, 0.5) is 0 Å². The van der Waals surface area contributed by atoms with Crippen molar-refractivity contribution in [2.45, 2.75) is 284 Å². The van der Waals surface area contributed by atoms with Gasteiger partial charge >= 0.3 is 5.97 Å². The summed E-state index contributed by atoms with van der Waals surface area (Å²) in [4.78, 5) is 25.6. The Morgan fingerprint density at radius 1 is 0.617 bits per heavy atom. The van der Waals surface area contributed by atoms with E-state index in [1.165, 1.54) is 28.1 Å². The van der Waals surface area contributed by atoms with E-state index >= 15 is 0 Å². The van der Waals surface area contributed by atoms with Gasteiger partial charge in [0.25, 0.3) is 0 Å². The summed E-state index contributed by atoms with van der Waals surface area (Å²) >= 11 is 0. The summed E-state index contributed by atoms with van der Waals surface area (Å²) in [5.74, 6) is -1.74. The summed E-state index contributed by atoms with van der Waals surface area (Å²) in [7, 11) is 4.43. The van der Waals surface area contributed by atoms with E-state index in [1.807, 2.05) is 13.0 Å². The number of rotatable bonds is 16.